The lowest BCUT2D eigenvalue weighted by molar-refractivity contribution is -0.117. The number of aromatic nitrogens is 2. The van der Waals surface area contributed by atoms with E-state index in [1.165, 1.54) is 12.4 Å². The molecule has 0 N–H and O–H groups in total. The van der Waals surface area contributed by atoms with Crippen LogP contribution < -0.4 is 4.90 Å². The van der Waals surface area contributed by atoms with E-state index in [1.807, 2.05) is 6.07 Å². The Morgan fingerprint density at radius 2 is 2.38 bits per heavy atom. The van der Waals surface area contributed by atoms with Crippen molar-refractivity contribution in [2.75, 3.05) is 17.3 Å². The molecule has 0 bridgehead atoms. The molecule has 0 aliphatic carbocycles. The Kier molecular flexibility index (Phi) is 3.02. The minimum Gasteiger partial charge on any atom is -0.295 e. The molecule has 1 unspecified atom stereocenters. The van der Waals surface area contributed by atoms with Gasteiger partial charge in [-0.05, 0) is 5.92 Å². The second-order valence-corrected chi connectivity index (χ2v) is 3.91. The molecule has 1 aromatic heterocycles. The Labute approximate surface area is 97.7 Å². The van der Waals surface area contributed by atoms with E-state index in [0.29, 0.717) is 24.7 Å². The molecule has 1 aromatic rings. The van der Waals surface area contributed by atoms with Crippen LogP contribution >= 0.6 is 11.6 Å². The van der Waals surface area contributed by atoms with Gasteiger partial charge in [-0.2, -0.15) is 5.26 Å². The fraction of sp³-hybridized carbons (Fsp3) is 0.400. The van der Waals surface area contributed by atoms with Crippen molar-refractivity contribution in [1.29, 1.82) is 5.26 Å². The van der Waals surface area contributed by atoms with Crippen LogP contribution in [0.4, 0.5) is 5.82 Å². The van der Waals surface area contributed by atoms with Crippen LogP contribution in [0.2, 0.25) is 0 Å². The molecule has 2 rings (SSSR count). The molecule has 1 fully saturated rings. The van der Waals surface area contributed by atoms with Gasteiger partial charge in [0.15, 0.2) is 11.5 Å². The van der Waals surface area contributed by atoms with E-state index in [0.717, 1.165) is 0 Å². The van der Waals surface area contributed by atoms with Gasteiger partial charge in [-0.25, -0.2) is 9.97 Å². The van der Waals surface area contributed by atoms with Crippen molar-refractivity contribution in [3.8, 4) is 6.07 Å². The van der Waals surface area contributed by atoms with E-state index in [1.54, 1.807) is 4.90 Å². The van der Waals surface area contributed by atoms with Crippen molar-refractivity contribution in [1.82, 2.24) is 9.97 Å². The van der Waals surface area contributed by atoms with E-state index in [4.69, 9.17) is 16.9 Å². The molecule has 6 heteroatoms. The van der Waals surface area contributed by atoms with Crippen LogP contribution in [0.25, 0.3) is 0 Å². The lowest BCUT2D eigenvalue weighted by Crippen LogP contribution is -2.25. The summed E-state index contributed by atoms with van der Waals surface area (Å²) < 4.78 is 0. The van der Waals surface area contributed by atoms with Gasteiger partial charge >= 0.3 is 0 Å². The Hall–Kier alpha value is -1.67. The van der Waals surface area contributed by atoms with E-state index in [2.05, 4.69) is 9.97 Å². The third-order valence-electron chi connectivity index (χ3n) is 2.45. The highest BCUT2D eigenvalue weighted by Crippen LogP contribution is 2.23. The summed E-state index contributed by atoms with van der Waals surface area (Å²) >= 11 is 5.72. The van der Waals surface area contributed by atoms with E-state index >= 15 is 0 Å². The molecule has 1 aliphatic heterocycles. The number of amides is 1. The molecule has 0 spiro atoms. The van der Waals surface area contributed by atoms with Crippen molar-refractivity contribution in [2.45, 2.75) is 6.42 Å². The number of anilines is 1. The highest BCUT2D eigenvalue weighted by molar-refractivity contribution is 6.18. The van der Waals surface area contributed by atoms with Gasteiger partial charge < -0.3 is 0 Å². The van der Waals surface area contributed by atoms with Gasteiger partial charge in [0.25, 0.3) is 0 Å². The van der Waals surface area contributed by atoms with Crippen LogP contribution in [-0.2, 0) is 4.79 Å². The van der Waals surface area contributed by atoms with Gasteiger partial charge in [-0.15, -0.1) is 11.6 Å². The van der Waals surface area contributed by atoms with Crippen LogP contribution in [0, 0.1) is 17.2 Å². The predicted molar refractivity (Wildman–Crippen MR) is 57.9 cm³/mol. The molecular formula is C10H9ClN4O. The molecule has 1 amide bonds. The third kappa shape index (κ3) is 1.97. The van der Waals surface area contributed by atoms with Gasteiger partial charge in [0.2, 0.25) is 5.91 Å². The summed E-state index contributed by atoms with van der Waals surface area (Å²) in [5, 5.41) is 8.58. The Bertz CT molecular complexity index is 439. The van der Waals surface area contributed by atoms with Crippen LogP contribution in [-0.4, -0.2) is 28.3 Å². The maximum absolute atomic E-state index is 11.6. The number of rotatable bonds is 2. The summed E-state index contributed by atoms with van der Waals surface area (Å²) in [5.74, 6) is 1.12. The third-order valence-corrected chi connectivity index (χ3v) is 2.89. The zero-order valence-electron chi connectivity index (χ0n) is 8.43. The smallest absolute Gasteiger partial charge is 0.228 e. The number of hydrogen-bond acceptors (Lipinski definition) is 4. The lowest BCUT2D eigenvalue weighted by Gasteiger charge is -2.14. The first kappa shape index (κ1) is 10.8. The maximum Gasteiger partial charge on any atom is 0.228 e. The molecule has 1 saturated heterocycles. The maximum atomic E-state index is 11.6. The Morgan fingerprint density at radius 3 is 2.88 bits per heavy atom. The first-order chi connectivity index (χ1) is 7.74. The first-order valence-corrected chi connectivity index (χ1v) is 5.36. The molecule has 0 saturated carbocycles. The second-order valence-electron chi connectivity index (χ2n) is 3.60. The predicted octanol–water partition coefficient (Wildman–Crippen LogP) is 0.940. The Balaban J connectivity index is 2.19. The fourth-order valence-corrected chi connectivity index (χ4v) is 1.83. The summed E-state index contributed by atoms with van der Waals surface area (Å²) in [4.78, 5) is 21.1. The average molecular weight is 237 g/mol. The molecule has 0 radical (unpaired) electrons. The lowest BCUT2D eigenvalue weighted by atomic mass is 10.2. The highest BCUT2D eigenvalue weighted by Gasteiger charge is 2.30. The number of nitriles is 1. The van der Waals surface area contributed by atoms with E-state index in [-0.39, 0.29) is 17.5 Å². The normalized spacial score (nSPS) is 19.9. The van der Waals surface area contributed by atoms with Gasteiger partial charge in [0.05, 0.1) is 12.4 Å². The molecule has 5 nitrogen and oxygen atoms in total. The zero-order chi connectivity index (χ0) is 11.5. The van der Waals surface area contributed by atoms with Crippen molar-refractivity contribution in [2.24, 2.45) is 5.92 Å². The van der Waals surface area contributed by atoms with Crippen molar-refractivity contribution in [3.05, 3.63) is 18.1 Å². The molecule has 1 atom stereocenters. The van der Waals surface area contributed by atoms with Crippen molar-refractivity contribution in [3.63, 3.8) is 0 Å². The Morgan fingerprint density at radius 1 is 1.56 bits per heavy atom. The largest absolute Gasteiger partial charge is 0.295 e. The summed E-state index contributed by atoms with van der Waals surface area (Å²) in [6, 6.07) is 1.88. The molecule has 0 aromatic carbocycles. The molecule has 1 aliphatic rings. The van der Waals surface area contributed by atoms with Crippen molar-refractivity contribution < 1.29 is 4.79 Å². The topological polar surface area (TPSA) is 69.9 Å². The minimum absolute atomic E-state index is 0.00431. The number of alkyl halides is 1. The SMILES string of the molecule is N#Cc1cnc(N2CC(CCl)CC2=O)cn1. The van der Waals surface area contributed by atoms with E-state index < -0.39 is 0 Å². The monoisotopic (exact) mass is 236 g/mol. The summed E-state index contributed by atoms with van der Waals surface area (Å²) in [7, 11) is 0. The van der Waals surface area contributed by atoms with E-state index in [9.17, 15) is 4.79 Å². The number of nitrogens with zero attached hydrogens (tertiary/aromatic N) is 4. The summed E-state index contributed by atoms with van der Waals surface area (Å²) in [6.07, 6.45) is 3.24. The first-order valence-electron chi connectivity index (χ1n) is 4.83. The van der Waals surface area contributed by atoms with Gasteiger partial charge in [-0.3, -0.25) is 9.69 Å². The number of halogens is 1. The van der Waals surface area contributed by atoms with Crippen LogP contribution in [0.3, 0.4) is 0 Å². The van der Waals surface area contributed by atoms with Gasteiger partial charge in [0.1, 0.15) is 6.07 Å². The van der Waals surface area contributed by atoms with Crippen LogP contribution in [0.1, 0.15) is 12.1 Å². The second kappa shape index (κ2) is 4.45. The van der Waals surface area contributed by atoms with Crippen LogP contribution in [0.5, 0.6) is 0 Å². The fourth-order valence-electron chi connectivity index (χ4n) is 1.62. The number of carbonyl (C=O) groups excluding carboxylic acids is 1. The molecular weight excluding hydrogens is 228 g/mol. The highest BCUT2D eigenvalue weighted by atomic mass is 35.5. The van der Waals surface area contributed by atoms with Gasteiger partial charge in [0, 0.05) is 18.8 Å². The number of hydrogen-bond donors (Lipinski definition) is 0. The molecule has 2 heterocycles. The molecule has 16 heavy (non-hydrogen) atoms. The number of carbonyl (C=O) groups is 1. The minimum atomic E-state index is 0.00431. The molecule has 82 valence electrons. The standard InChI is InChI=1S/C10H9ClN4O/c11-2-7-1-10(16)15(6-7)9-5-13-8(3-12)4-14-9/h4-5,7H,1-2,6H2. The van der Waals surface area contributed by atoms with Crippen molar-refractivity contribution >= 4 is 23.3 Å². The average Bonchev–Trinajstić information content (AvgIpc) is 2.71. The summed E-state index contributed by atoms with van der Waals surface area (Å²) in [5.41, 5.74) is 0.240. The quantitative estimate of drug-likeness (QED) is 0.717. The van der Waals surface area contributed by atoms with Crippen LogP contribution in [0.15, 0.2) is 12.4 Å². The zero-order valence-corrected chi connectivity index (χ0v) is 9.18. The van der Waals surface area contributed by atoms with Gasteiger partial charge in [-0.1, -0.05) is 0 Å². The summed E-state index contributed by atoms with van der Waals surface area (Å²) in [6.45, 7) is 0.572.